The molecule has 2 rings (SSSR count). The molecule has 1 unspecified atom stereocenters. The number of hydrogen-bond donors (Lipinski definition) is 2. The van der Waals surface area contributed by atoms with Crippen molar-refractivity contribution in [2.45, 2.75) is 18.9 Å². The minimum absolute atomic E-state index is 0.211. The van der Waals surface area contributed by atoms with Gasteiger partial charge in [0.1, 0.15) is 6.04 Å². The fourth-order valence-electron chi connectivity index (χ4n) is 1.51. The lowest BCUT2D eigenvalue weighted by Gasteiger charge is -2.23. The number of nitrogens with zero attached hydrogens (tertiary/aromatic N) is 1. The van der Waals surface area contributed by atoms with Gasteiger partial charge in [-0.3, -0.25) is 19.9 Å². The van der Waals surface area contributed by atoms with Crippen molar-refractivity contribution in [3.05, 3.63) is 22.9 Å². The first-order valence-corrected chi connectivity index (χ1v) is 5.66. The van der Waals surface area contributed by atoms with E-state index in [1.807, 2.05) is 0 Å². The number of carbonyl (C=O) groups is 2. The topological polar surface area (TPSA) is 71.1 Å². The summed E-state index contributed by atoms with van der Waals surface area (Å²) in [5, 5.41) is 5.37. The van der Waals surface area contributed by atoms with Crippen LogP contribution in [0.4, 0.5) is 5.69 Å². The van der Waals surface area contributed by atoms with Crippen molar-refractivity contribution in [1.29, 1.82) is 0 Å². The Morgan fingerprint density at radius 3 is 3.00 bits per heavy atom. The Balaban J connectivity index is 2.08. The van der Waals surface area contributed by atoms with Crippen LogP contribution in [0, 0.1) is 0 Å². The van der Waals surface area contributed by atoms with E-state index in [1.165, 1.54) is 0 Å². The predicted octanol–water partition coefficient (Wildman–Crippen LogP) is 1.06. The molecule has 84 valence electrons. The molecular formula is C10H10BrN3O2. The van der Waals surface area contributed by atoms with Gasteiger partial charge in [-0.25, -0.2) is 0 Å². The third-order valence-corrected chi connectivity index (χ3v) is 2.97. The van der Waals surface area contributed by atoms with E-state index < -0.39 is 0 Å². The molecule has 2 heterocycles. The molecule has 0 aromatic carbocycles. The molecule has 0 aliphatic carbocycles. The molecule has 2 N–H and O–H groups in total. The van der Waals surface area contributed by atoms with Crippen molar-refractivity contribution in [3.8, 4) is 0 Å². The standard InChI is InChI=1S/C10H10BrN3O2/c11-6-5-12-4-3-7(6)13-8-1-2-9(15)14-10(8)16/h3-5,8H,1-2H2,(H,12,13)(H,14,15,16). The summed E-state index contributed by atoms with van der Waals surface area (Å²) in [7, 11) is 0. The maximum absolute atomic E-state index is 11.5. The van der Waals surface area contributed by atoms with Crippen LogP contribution in [0.5, 0.6) is 0 Å². The maximum Gasteiger partial charge on any atom is 0.249 e. The van der Waals surface area contributed by atoms with Crippen LogP contribution < -0.4 is 10.6 Å². The molecule has 1 aliphatic rings. The quantitative estimate of drug-likeness (QED) is 0.797. The van der Waals surface area contributed by atoms with Gasteiger partial charge < -0.3 is 5.32 Å². The zero-order chi connectivity index (χ0) is 11.5. The Kier molecular flexibility index (Phi) is 3.19. The summed E-state index contributed by atoms with van der Waals surface area (Å²) in [6, 6.07) is 1.41. The zero-order valence-corrected chi connectivity index (χ0v) is 9.95. The number of imide groups is 1. The molecule has 1 atom stereocenters. The van der Waals surface area contributed by atoms with Crippen LogP contribution in [0.15, 0.2) is 22.9 Å². The number of aromatic nitrogens is 1. The first kappa shape index (κ1) is 11.1. The lowest BCUT2D eigenvalue weighted by Crippen LogP contribution is -2.47. The molecule has 0 saturated carbocycles. The van der Waals surface area contributed by atoms with Gasteiger partial charge >= 0.3 is 0 Å². The third kappa shape index (κ3) is 2.38. The first-order chi connectivity index (χ1) is 7.66. The van der Waals surface area contributed by atoms with Crippen LogP contribution in [-0.2, 0) is 9.59 Å². The van der Waals surface area contributed by atoms with Crippen LogP contribution in [-0.4, -0.2) is 22.8 Å². The van der Waals surface area contributed by atoms with Gasteiger partial charge in [0.15, 0.2) is 0 Å². The fourth-order valence-corrected chi connectivity index (χ4v) is 1.88. The second-order valence-corrected chi connectivity index (χ2v) is 4.36. The highest BCUT2D eigenvalue weighted by atomic mass is 79.9. The van der Waals surface area contributed by atoms with Gasteiger partial charge in [-0.15, -0.1) is 0 Å². The van der Waals surface area contributed by atoms with Crippen molar-refractivity contribution in [2.24, 2.45) is 0 Å². The fraction of sp³-hybridized carbons (Fsp3) is 0.300. The number of nitrogens with one attached hydrogen (secondary N) is 2. The van der Waals surface area contributed by atoms with Gasteiger partial charge in [-0.2, -0.15) is 0 Å². The van der Waals surface area contributed by atoms with Gasteiger partial charge in [0, 0.05) is 18.8 Å². The number of anilines is 1. The van der Waals surface area contributed by atoms with Gasteiger partial charge in [-0.1, -0.05) is 0 Å². The molecular weight excluding hydrogens is 274 g/mol. The molecule has 0 radical (unpaired) electrons. The Labute approximate surface area is 101 Å². The molecule has 6 heteroatoms. The lowest BCUT2D eigenvalue weighted by molar-refractivity contribution is -0.133. The highest BCUT2D eigenvalue weighted by molar-refractivity contribution is 9.10. The molecule has 1 saturated heterocycles. The van der Waals surface area contributed by atoms with E-state index in [-0.39, 0.29) is 17.9 Å². The molecule has 2 amide bonds. The molecule has 0 bridgehead atoms. The van der Waals surface area contributed by atoms with E-state index in [0.717, 1.165) is 10.2 Å². The number of carbonyl (C=O) groups excluding carboxylic acids is 2. The summed E-state index contributed by atoms with van der Waals surface area (Å²) in [5.41, 5.74) is 0.796. The second-order valence-electron chi connectivity index (χ2n) is 3.50. The average Bonchev–Trinajstić information content (AvgIpc) is 2.25. The highest BCUT2D eigenvalue weighted by Gasteiger charge is 2.26. The summed E-state index contributed by atoms with van der Waals surface area (Å²) >= 11 is 3.33. The molecule has 1 fully saturated rings. The smallest absolute Gasteiger partial charge is 0.249 e. The number of piperidine rings is 1. The van der Waals surface area contributed by atoms with E-state index in [4.69, 9.17) is 0 Å². The van der Waals surface area contributed by atoms with E-state index >= 15 is 0 Å². The average molecular weight is 284 g/mol. The van der Waals surface area contributed by atoms with Gasteiger partial charge in [0.05, 0.1) is 10.2 Å². The van der Waals surface area contributed by atoms with Crippen molar-refractivity contribution >= 4 is 33.4 Å². The SMILES string of the molecule is O=C1CCC(Nc2ccncc2Br)C(=O)N1. The number of halogens is 1. The van der Waals surface area contributed by atoms with E-state index in [2.05, 4.69) is 31.5 Å². The summed E-state index contributed by atoms with van der Waals surface area (Å²) in [6.07, 6.45) is 4.17. The Morgan fingerprint density at radius 2 is 2.31 bits per heavy atom. The number of pyridine rings is 1. The normalized spacial score (nSPS) is 20.4. The molecule has 1 aliphatic heterocycles. The molecule has 1 aromatic heterocycles. The lowest BCUT2D eigenvalue weighted by atomic mass is 10.1. The van der Waals surface area contributed by atoms with Gasteiger partial charge in [0.2, 0.25) is 11.8 Å². The Bertz CT molecular complexity index is 436. The number of rotatable bonds is 2. The summed E-state index contributed by atoms with van der Waals surface area (Å²) in [5.74, 6) is -0.489. The van der Waals surface area contributed by atoms with Crippen molar-refractivity contribution in [2.75, 3.05) is 5.32 Å². The van der Waals surface area contributed by atoms with E-state index in [1.54, 1.807) is 18.5 Å². The van der Waals surface area contributed by atoms with Gasteiger partial charge in [0.25, 0.3) is 0 Å². The minimum Gasteiger partial charge on any atom is -0.373 e. The van der Waals surface area contributed by atoms with Crippen molar-refractivity contribution in [3.63, 3.8) is 0 Å². The third-order valence-electron chi connectivity index (χ3n) is 2.34. The maximum atomic E-state index is 11.5. The van der Waals surface area contributed by atoms with Crippen molar-refractivity contribution in [1.82, 2.24) is 10.3 Å². The van der Waals surface area contributed by atoms with Crippen LogP contribution in [0.25, 0.3) is 0 Å². The van der Waals surface area contributed by atoms with Crippen LogP contribution in [0.1, 0.15) is 12.8 Å². The molecule has 0 spiro atoms. The minimum atomic E-state index is -0.364. The van der Waals surface area contributed by atoms with Crippen LogP contribution in [0.2, 0.25) is 0 Å². The summed E-state index contributed by atoms with van der Waals surface area (Å²) in [4.78, 5) is 26.4. The van der Waals surface area contributed by atoms with Crippen molar-refractivity contribution < 1.29 is 9.59 Å². The number of amides is 2. The number of hydrogen-bond acceptors (Lipinski definition) is 4. The summed E-state index contributed by atoms with van der Waals surface area (Å²) < 4.78 is 0.791. The largest absolute Gasteiger partial charge is 0.373 e. The first-order valence-electron chi connectivity index (χ1n) is 4.86. The zero-order valence-electron chi connectivity index (χ0n) is 8.37. The Morgan fingerprint density at radius 1 is 1.50 bits per heavy atom. The highest BCUT2D eigenvalue weighted by Crippen LogP contribution is 2.22. The second kappa shape index (κ2) is 4.61. The monoisotopic (exact) mass is 283 g/mol. The van der Waals surface area contributed by atoms with Crippen LogP contribution >= 0.6 is 15.9 Å². The summed E-state index contributed by atoms with van der Waals surface area (Å²) in [6.45, 7) is 0. The molecule has 16 heavy (non-hydrogen) atoms. The Hall–Kier alpha value is -1.43. The van der Waals surface area contributed by atoms with Gasteiger partial charge in [-0.05, 0) is 28.4 Å². The molecule has 5 nitrogen and oxygen atoms in total. The van der Waals surface area contributed by atoms with E-state index in [9.17, 15) is 9.59 Å². The molecule has 1 aromatic rings. The predicted molar refractivity (Wildman–Crippen MR) is 61.7 cm³/mol. The van der Waals surface area contributed by atoms with Crippen LogP contribution in [0.3, 0.4) is 0 Å². The van der Waals surface area contributed by atoms with E-state index in [0.29, 0.717) is 12.8 Å².